The van der Waals surface area contributed by atoms with Crippen molar-refractivity contribution in [3.05, 3.63) is 99.4 Å². The first-order valence-corrected chi connectivity index (χ1v) is 10.8. The molecule has 0 radical (unpaired) electrons. The van der Waals surface area contributed by atoms with Gasteiger partial charge in [0.15, 0.2) is 0 Å². The lowest BCUT2D eigenvalue weighted by atomic mass is 10.00. The quantitative estimate of drug-likeness (QED) is 0.234. The summed E-state index contributed by atoms with van der Waals surface area (Å²) in [6, 6.07) is 30.3. The van der Waals surface area contributed by atoms with Gasteiger partial charge >= 0.3 is 0 Å². The standard InChI is InChI=1S/C25H17Br2N/c1-16-12-20(10-11-21(16)17-13-18(26)15-19(27)14-17)28-24-8-4-2-6-22(24)23-7-3-5-9-25(23)28/h2-15H,1H3. The highest BCUT2D eigenvalue weighted by atomic mass is 79.9. The minimum absolute atomic E-state index is 1.07. The van der Waals surface area contributed by atoms with Crippen LogP contribution in [0.3, 0.4) is 0 Å². The number of aryl methyl sites for hydroxylation is 1. The van der Waals surface area contributed by atoms with Crippen LogP contribution >= 0.6 is 31.9 Å². The van der Waals surface area contributed by atoms with Crippen molar-refractivity contribution in [1.82, 2.24) is 4.57 Å². The fourth-order valence-electron chi connectivity index (χ4n) is 4.02. The van der Waals surface area contributed by atoms with Crippen molar-refractivity contribution in [1.29, 1.82) is 0 Å². The van der Waals surface area contributed by atoms with Crippen molar-refractivity contribution in [2.24, 2.45) is 0 Å². The number of fused-ring (bicyclic) bond motifs is 3. The lowest BCUT2D eigenvalue weighted by Crippen LogP contribution is -1.95. The number of hydrogen-bond donors (Lipinski definition) is 0. The summed E-state index contributed by atoms with van der Waals surface area (Å²) in [5.74, 6) is 0. The minimum atomic E-state index is 1.07. The van der Waals surface area contributed by atoms with Crippen molar-refractivity contribution < 1.29 is 0 Å². The normalized spacial score (nSPS) is 11.4. The Labute approximate surface area is 180 Å². The van der Waals surface area contributed by atoms with Crippen molar-refractivity contribution in [3.63, 3.8) is 0 Å². The smallest absolute Gasteiger partial charge is 0.0541 e. The zero-order chi connectivity index (χ0) is 19.3. The lowest BCUT2D eigenvalue weighted by Gasteiger charge is -2.13. The first-order chi connectivity index (χ1) is 13.6. The molecule has 0 fully saturated rings. The summed E-state index contributed by atoms with van der Waals surface area (Å²) in [6.45, 7) is 2.18. The largest absolute Gasteiger partial charge is 0.309 e. The third kappa shape index (κ3) is 2.90. The van der Waals surface area contributed by atoms with Gasteiger partial charge < -0.3 is 4.57 Å². The molecular formula is C25H17Br2N. The second-order valence-electron chi connectivity index (χ2n) is 7.03. The van der Waals surface area contributed by atoms with Crippen LogP contribution in [0.1, 0.15) is 5.56 Å². The Morgan fingerprint density at radius 3 is 1.79 bits per heavy atom. The van der Waals surface area contributed by atoms with Crippen LogP contribution in [0.15, 0.2) is 93.9 Å². The predicted octanol–water partition coefficient (Wildman–Crippen LogP) is 8.28. The Kier molecular flexibility index (Phi) is 4.37. The van der Waals surface area contributed by atoms with Gasteiger partial charge in [-0.3, -0.25) is 0 Å². The summed E-state index contributed by atoms with van der Waals surface area (Å²) in [7, 11) is 0. The van der Waals surface area contributed by atoms with Crippen LogP contribution in [0.4, 0.5) is 0 Å². The Morgan fingerprint density at radius 1 is 0.643 bits per heavy atom. The molecule has 28 heavy (non-hydrogen) atoms. The van der Waals surface area contributed by atoms with Crippen LogP contribution in [0.2, 0.25) is 0 Å². The fourth-order valence-corrected chi connectivity index (χ4v) is 5.31. The molecule has 0 unspecified atom stereocenters. The number of hydrogen-bond acceptors (Lipinski definition) is 0. The van der Waals surface area contributed by atoms with Crippen molar-refractivity contribution in [2.45, 2.75) is 6.92 Å². The van der Waals surface area contributed by atoms with E-state index in [1.807, 2.05) is 0 Å². The Hall–Kier alpha value is -2.36. The summed E-state index contributed by atoms with van der Waals surface area (Å²) in [5.41, 5.74) is 7.36. The monoisotopic (exact) mass is 489 g/mol. The van der Waals surface area contributed by atoms with E-state index < -0.39 is 0 Å². The number of para-hydroxylation sites is 2. The summed E-state index contributed by atoms with van der Waals surface area (Å²) in [4.78, 5) is 0. The highest BCUT2D eigenvalue weighted by Gasteiger charge is 2.12. The van der Waals surface area contributed by atoms with E-state index in [2.05, 4.69) is 128 Å². The van der Waals surface area contributed by atoms with Crippen LogP contribution in [-0.2, 0) is 0 Å². The summed E-state index contributed by atoms with van der Waals surface area (Å²) < 4.78 is 4.50. The summed E-state index contributed by atoms with van der Waals surface area (Å²) in [6.07, 6.45) is 0. The summed E-state index contributed by atoms with van der Waals surface area (Å²) >= 11 is 7.20. The molecule has 1 aromatic heterocycles. The molecule has 0 aliphatic rings. The molecule has 0 aliphatic heterocycles. The number of rotatable bonds is 2. The molecule has 3 heteroatoms. The van der Waals surface area contributed by atoms with Gasteiger partial charge in [0.25, 0.3) is 0 Å². The number of benzene rings is 4. The zero-order valence-electron chi connectivity index (χ0n) is 15.3. The van der Waals surface area contributed by atoms with E-state index in [-0.39, 0.29) is 0 Å². The Balaban J connectivity index is 1.74. The molecule has 0 spiro atoms. The minimum Gasteiger partial charge on any atom is -0.309 e. The third-order valence-corrected chi connectivity index (χ3v) is 6.14. The molecular weight excluding hydrogens is 474 g/mol. The highest BCUT2D eigenvalue weighted by Crippen LogP contribution is 2.34. The van der Waals surface area contributed by atoms with Crippen molar-refractivity contribution >= 4 is 53.7 Å². The highest BCUT2D eigenvalue weighted by molar-refractivity contribution is 9.11. The van der Waals surface area contributed by atoms with Crippen LogP contribution in [0.5, 0.6) is 0 Å². The van der Waals surface area contributed by atoms with E-state index in [4.69, 9.17) is 0 Å². The van der Waals surface area contributed by atoms with Gasteiger partial charge in [-0.15, -0.1) is 0 Å². The number of aromatic nitrogens is 1. The SMILES string of the molecule is Cc1cc(-n2c3ccccc3c3ccccc32)ccc1-c1cc(Br)cc(Br)c1. The molecule has 0 atom stereocenters. The topological polar surface area (TPSA) is 4.93 Å². The van der Waals surface area contributed by atoms with Crippen molar-refractivity contribution in [3.8, 4) is 16.8 Å². The van der Waals surface area contributed by atoms with Gasteiger partial charge in [0, 0.05) is 25.4 Å². The molecule has 4 aromatic carbocycles. The van der Waals surface area contributed by atoms with Gasteiger partial charge in [-0.1, -0.05) is 74.3 Å². The average molecular weight is 491 g/mol. The molecule has 0 saturated carbocycles. The molecule has 5 aromatic rings. The zero-order valence-corrected chi connectivity index (χ0v) is 18.5. The molecule has 0 saturated heterocycles. The lowest BCUT2D eigenvalue weighted by molar-refractivity contribution is 1.17. The molecule has 0 N–H and O–H groups in total. The molecule has 1 heterocycles. The van der Waals surface area contributed by atoms with Gasteiger partial charge in [0.2, 0.25) is 0 Å². The maximum absolute atomic E-state index is 3.60. The van der Waals surface area contributed by atoms with Crippen LogP contribution in [-0.4, -0.2) is 4.57 Å². The molecule has 136 valence electrons. The number of nitrogens with zero attached hydrogens (tertiary/aromatic N) is 1. The van der Waals surface area contributed by atoms with E-state index in [1.54, 1.807) is 0 Å². The molecule has 5 rings (SSSR count). The second-order valence-corrected chi connectivity index (χ2v) is 8.86. The van der Waals surface area contributed by atoms with Gasteiger partial charge in [0.05, 0.1) is 11.0 Å². The fraction of sp³-hybridized carbons (Fsp3) is 0.0400. The maximum Gasteiger partial charge on any atom is 0.0541 e. The van der Waals surface area contributed by atoms with Crippen LogP contribution < -0.4 is 0 Å². The van der Waals surface area contributed by atoms with Crippen LogP contribution in [0, 0.1) is 6.92 Å². The second kappa shape index (κ2) is 6.91. The van der Waals surface area contributed by atoms with Crippen molar-refractivity contribution in [2.75, 3.05) is 0 Å². The predicted molar refractivity (Wildman–Crippen MR) is 126 cm³/mol. The number of halogens is 2. The third-order valence-electron chi connectivity index (χ3n) is 5.22. The van der Waals surface area contributed by atoms with Crippen LogP contribution in [0.25, 0.3) is 38.6 Å². The van der Waals surface area contributed by atoms with Gasteiger partial charge in [0.1, 0.15) is 0 Å². The van der Waals surface area contributed by atoms with Gasteiger partial charge in [-0.05, 0) is 66.1 Å². The average Bonchev–Trinajstić information content (AvgIpc) is 3.01. The molecule has 0 amide bonds. The Morgan fingerprint density at radius 2 is 1.21 bits per heavy atom. The maximum atomic E-state index is 3.60. The molecule has 0 bridgehead atoms. The van der Waals surface area contributed by atoms with Gasteiger partial charge in [-0.2, -0.15) is 0 Å². The van der Waals surface area contributed by atoms with E-state index >= 15 is 0 Å². The van der Waals surface area contributed by atoms with Gasteiger partial charge in [-0.25, -0.2) is 0 Å². The van der Waals surface area contributed by atoms with E-state index in [0.29, 0.717) is 0 Å². The molecule has 0 aliphatic carbocycles. The van der Waals surface area contributed by atoms with E-state index in [0.717, 1.165) is 8.95 Å². The first kappa shape index (κ1) is 17.7. The van der Waals surface area contributed by atoms with E-state index in [9.17, 15) is 0 Å². The Bertz CT molecular complexity index is 1270. The van der Waals surface area contributed by atoms with E-state index in [1.165, 1.54) is 44.2 Å². The summed E-state index contributed by atoms with van der Waals surface area (Å²) in [5, 5.41) is 2.58. The molecule has 1 nitrogen and oxygen atoms in total. The first-order valence-electron chi connectivity index (χ1n) is 9.17.